The Hall–Kier alpha value is -1.74. The van der Waals surface area contributed by atoms with Crippen LogP contribution in [0.3, 0.4) is 0 Å². The minimum Gasteiger partial charge on any atom is -0.363 e. The topological polar surface area (TPSA) is 134 Å². The molecule has 0 radical (unpaired) electrons. The second-order valence-electron chi connectivity index (χ2n) is 6.60. The molecule has 28 heavy (non-hydrogen) atoms. The highest BCUT2D eigenvalue weighted by Crippen LogP contribution is 2.35. The van der Waals surface area contributed by atoms with Crippen LogP contribution in [0, 0.1) is 27.4 Å². The minimum absolute atomic E-state index is 0.00154. The Morgan fingerprint density at radius 1 is 1.54 bits per heavy atom. The number of thioether (sulfide) groups is 1. The molecule has 0 aliphatic heterocycles. The summed E-state index contributed by atoms with van der Waals surface area (Å²) in [6.07, 6.45) is 3.18. The van der Waals surface area contributed by atoms with Crippen molar-refractivity contribution < 1.29 is 19.5 Å². The Labute approximate surface area is 171 Å². The van der Waals surface area contributed by atoms with Gasteiger partial charge in [-0.25, -0.2) is 4.98 Å². The van der Waals surface area contributed by atoms with Crippen molar-refractivity contribution in [3.63, 3.8) is 0 Å². The lowest BCUT2D eigenvalue weighted by atomic mass is 10.1. The van der Waals surface area contributed by atoms with Crippen molar-refractivity contribution in [3.05, 3.63) is 15.3 Å². The second-order valence-corrected chi connectivity index (χ2v) is 8.02. The predicted molar refractivity (Wildman–Crippen MR) is 104 cm³/mol. The summed E-state index contributed by atoms with van der Waals surface area (Å²) in [4.78, 5) is 21.8. The molecular weight excluding hydrogens is 413 g/mol. The molecule has 1 aliphatic carbocycles. The number of nitrogens with zero attached hydrogens (tertiary/aromatic N) is 4. The van der Waals surface area contributed by atoms with Crippen LogP contribution in [0.25, 0.3) is 0 Å². The van der Waals surface area contributed by atoms with E-state index in [0.717, 1.165) is 25.0 Å². The van der Waals surface area contributed by atoms with Crippen LogP contribution >= 0.6 is 23.4 Å². The summed E-state index contributed by atoms with van der Waals surface area (Å²) in [6.45, 7) is 4.43. The third kappa shape index (κ3) is 8.10. The summed E-state index contributed by atoms with van der Waals surface area (Å²) in [5.41, 5.74) is -0.303. The molecule has 1 saturated carbocycles. The molecule has 0 bridgehead atoms. The number of halogens is 2. The monoisotopic (exact) mass is 435 g/mol. The lowest BCUT2D eigenvalue weighted by Gasteiger charge is -2.13. The quantitative estimate of drug-likeness (QED) is 0.161. The molecule has 0 aromatic carbocycles. The zero-order valence-corrected chi connectivity index (χ0v) is 17.4. The highest BCUT2D eigenvalue weighted by atomic mass is 35.5. The Morgan fingerprint density at radius 2 is 2.18 bits per heavy atom. The van der Waals surface area contributed by atoms with Gasteiger partial charge in [-0.2, -0.15) is 15.2 Å². The fourth-order valence-corrected chi connectivity index (χ4v) is 3.34. The Bertz CT molecular complexity index is 714. The third-order valence-corrected chi connectivity index (χ3v) is 4.90. The molecule has 0 amide bonds. The number of nitro groups is 1. The number of rotatable bonds is 7. The van der Waals surface area contributed by atoms with Crippen molar-refractivity contribution in [2.45, 2.75) is 63.4 Å². The maximum atomic E-state index is 11.2. The summed E-state index contributed by atoms with van der Waals surface area (Å²) in [7, 11) is 0. The fourth-order valence-electron chi connectivity index (χ4n) is 2.35. The van der Waals surface area contributed by atoms with Gasteiger partial charge >= 0.3 is 5.69 Å². The van der Waals surface area contributed by atoms with E-state index >= 15 is 0 Å². The SMILES string of the molecule is CC(C)(O)OF.CCCSc1nc(Cl)c([N+](=O)[O-])c(NC2CCC(C#N)C2)n1. The van der Waals surface area contributed by atoms with Crippen LogP contribution in [-0.2, 0) is 4.94 Å². The van der Waals surface area contributed by atoms with Crippen LogP contribution < -0.4 is 5.32 Å². The van der Waals surface area contributed by atoms with Gasteiger partial charge in [0, 0.05) is 17.7 Å². The van der Waals surface area contributed by atoms with E-state index in [-0.39, 0.29) is 28.6 Å². The molecule has 1 heterocycles. The van der Waals surface area contributed by atoms with E-state index in [0.29, 0.717) is 11.6 Å². The van der Waals surface area contributed by atoms with Crippen molar-refractivity contribution in [1.29, 1.82) is 5.26 Å². The molecule has 1 aliphatic rings. The number of hydrogen-bond donors (Lipinski definition) is 2. The standard InChI is InChI=1S/C13H16ClN5O2S.C3H7FO2/c1-2-5-22-13-17-11(14)10(19(20)21)12(18-13)16-9-4-3-8(6-9)7-15;1-3(2,5)6-4/h8-9H,2-6H2,1H3,(H,16,17,18);5H,1-2H3. The van der Waals surface area contributed by atoms with Crippen LogP contribution in [-0.4, -0.2) is 37.6 Å². The van der Waals surface area contributed by atoms with Gasteiger partial charge in [0.1, 0.15) is 0 Å². The molecule has 2 unspecified atom stereocenters. The average molecular weight is 436 g/mol. The van der Waals surface area contributed by atoms with Gasteiger partial charge < -0.3 is 10.4 Å². The van der Waals surface area contributed by atoms with E-state index in [4.69, 9.17) is 22.0 Å². The first-order valence-corrected chi connectivity index (χ1v) is 10.0. The Kier molecular flexibility index (Phi) is 9.81. The van der Waals surface area contributed by atoms with Crippen LogP contribution in [0.1, 0.15) is 46.5 Å². The van der Waals surface area contributed by atoms with Crippen LogP contribution in [0.4, 0.5) is 16.0 Å². The summed E-state index contributed by atoms with van der Waals surface area (Å²) in [5, 5.41) is 31.7. The molecule has 0 saturated heterocycles. The lowest BCUT2D eigenvalue weighted by Crippen LogP contribution is -2.18. The van der Waals surface area contributed by atoms with Gasteiger partial charge in [0.2, 0.25) is 11.0 Å². The molecule has 1 aromatic rings. The first kappa shape index (κ1) is 24.3. The number of anilines is 1. The van der Waals surface area contributed by atoms with E-state index in [1.54, 1.807) is 0 Å². The largest absolute Gasteiger partial charge is 0.363 e. The van der Waals surface area contributed by atoms with Gasteiger partial charge in [-0.3, -0.25) is 10.1 Å². The van der Waals surface area contributed by atoms with Gasteiger partial charge in [-0.15, -0.1) is 0 Å². The smallest absolute Gasteiger partial charge is 0.348 e. The van der Waals surface area contributed by atoms with Crippen molar-refractivity contribution in [1.82, 2.24) is 9.97 Å². The Morgan fingerprint density at radius 3 is 2.64 bits per heavy atom. The summed E-state index contributed by atoms with van der Waals surface area (Å²) in [6, 6.07) is 2.23. The molecule has 2 rings (SSSR count). The molecule has 1 fully saturated rings. The maximum absolute atomic E-state index is 11.2. The van der Waals surface area contributed by atoms with E-state index in [1.807, 2.05) is 6.92 Å². The second kappa shape index (κ2) is 11.3. The Balaban J connectivity index is 0.000000568. The first-order chi connectivity index (χ1) is 13.1. The van der Waals surface area contributed by atoms with Crippen molar-refractivity contribution >= 4 is 34.9 Å². The van der Waals surface area contributed by atoms with Gasteiger partial charge in [-0.1, -0.05) is 30.3 Å². The third-order valence-electron chi connectivity index (χ3n) is 3.58. The number of nitrogens with one attached hydrogen (secondary N) is 1. The van der Waals surface area contributed by atoms with Crippen molar-refractivity contribution in [2.75, 3.05) is 11.1 Å². The highest BCUT2D eigenvalue weighted by Gasteiger charge is 2.29. The van der Waals surface area contributed by atoms with Crippen molar-refractivity contribution in [2.24, 2.45) is 5.92 Å². The molecule has 0 spiro atoms. The minimum atomic E-state index is -1.62. The van der Waals surface area contributed by atoms with Gasteiger partial charge in [0.15, 0.2) is 10.9 Å². The molecular formula is C16H23ClFN5O4S. The summed E-state index contributed by atoms with van der Waals surface area (Å²) < 4.78 is 10.8. The van der Waals surface area contributed by atoms with Gasteiger partial charge in [-0.05, 0) is 44.1 Å². The maximum Gasteiger partial charge on any atom is 0.348 e. The number of nitriles is 1. The summed E-state index contributed by atoms with van der Waals surface area (Å²) >= 11 is 7.36. The zero-order valence-electron chi connectivity index (χ0n) is 15.8. The van der Waals surface area contributed by atoms with Crippen LogP contribution in [0.15, 0.2) is 5.16 Å². The van der Waals surface area contributed by atoms with Crippen molar-refractivity contribution in [3.8, 4) is 6.07 Å². The van der Waals surface area contributed by atoms with Gasteiger partial charge in [0.05, 0.1) is 11.0 Å². The van der Waals surface area contributed by atoms with E-state index in [2.05, 4.69) is 26.3 Å². The summed E-state index contributed by atoms with van der Waals surface area (Å²) in [5.74, 6) is -0.678. The predicted octanol–water partition coefficient (Wildman–Crippen LogP) is 4.26. The lowest BCUT2D eigenvalue weighted by molar-refractivity contribution is -0.384. The highest BCUT2D eigenvalue weighted by molar-refractivity contribution is 7.99. The fraction of sp³-hybridized carbons (Fsp3) is 0.688. The van der Waals surface area contributed by atoms with E-state index < -0.39 is 10.7 Å². The molecule has 156 valence electrons. The van der Waals surface area contributed by atoms with E-state index in [9.17, 15) is 14.6 Å². The molecule has 12 heteroatoms. The number of aliphatic hydroxyl groups is 1. The van der Waals surface area contributed by atoms with Gasteiger partial charge in [0.25, 0.3) is 0 Å². The molecule has 2 N–H and O–H groups in total. The van der Waals surface area contributed by atoms with E-state index in [1.165, 1.54) is 25.6 Å². The first-order valence-electron chi connectivity index (χ1n) is 8.64. The molecule has 9 nitrogen and oxygen atoms in total. The van der Waals surface area contributed by atoms with Crippen LogP contribution in [0.2, 0.25) is 5.15 Å². The number of aromatic nitrogens is 2. The molecule has 1 aromatic heterocycles. The number of hydrogen-bond acceptors (Lipinski definition) is 9. The average Bonchev–Trinajstić information content (AvgIpc) is 3.06. The van der Waals surface area contributed by atoms with Crippen LogP contribution in [0.5, 0.6) is 0 Å². The molecule has 2 atom stereocenters. The zero-order chi connectivity index (χ0) is 21.3. The normalized spacial score (nSPS) is 18.8.